The first-order valence-corrected chi connectivity index (χ1v) is 6.95. The largest absolute Gasteiger partial charge is 0.505 e. The molecule has 0 aliphatic heterocycles. The number of rotatable bonds is 3. The van der Waals surface area contributed by atoms with E-state index in [-0.39, 0.29) is 12.4 Å². The Morgan fingerprint density at radius 2 is 2.16 bits per heavy atom. The third-order valence-electron chi connectivity index (χ3n) is 3.99. The Labute approximate surface area is 114 Å². The van der Waals surface area contributed by atoms with E-state index in [0.29, 0.717) is 28.8 Å². The van der Waals surface area contributed by atoms with Gasteiger partial charge in [0, 0.05) is 23.5 Å². The van der Waals surface area contributed by atoms with Crippen LogP contribution in [0.2, 0.25) is 0 Å². The molecule has 104 valence electrons. The standard InChI is InChI=1S/C15H22N2O2/c1-10-5-3-4-6-14(10)17-8-13-12(9-18)7-16-11(2)15(13)19/h7-8,10,14,18-19H,3-6,9H2,1-2H3/t10-,14-/m1/s1. The van der Waals surface area contributed by atoms with E-state index in [0.717, 1.165) is 6.42 Å². The maximum atomic E-state index is 10.0. The van der Waals surface area contributed by atoms with Crippen molar-refractivity contribution in [1.82, 2.24) is 4.98 Å². The van der Waals surface area contributed by atoms with Crippen LogP contribution >= 0.6 is 0 Å². The lowest BCUT2D eigenvalue weighted by Gasteiger charge is -2.25. The van der Waals surface area contributed by atoms with Crippen LogP contribution in [0, 0.1) is 12.8 Å². The summed E-state index contributed by atoms with van der Waals surface area (Å²) in [6, 6.07) is 0.327. The number of aromatic hydroxyl groups is 1. The van der Waals surface area contributed by atoms with Crippen LogP contribution in [0.1, 0.15) is 49.4 Å². The molecule has 0 unspecified atom stereocenters. The number of aliphatic imine (C=N–C) groups is 1. The molecule has 2 N–H and O–H groups in total. The fourth-order valence-corrected chi connectivity index (χ4v) is 2.61. The summed E-state index contributed by atoms with van der Waals surface area (Å²) in [7, 11) is 0. The maximum Gasteiger partial charge on any atom is 0.145 e. The Morgan fingerprint density at radius 3 is 2.84 bits per heavy atom. The van der Waals surface area contributed by atoms with Crippen molar-refractivity contribution in [2.45, 2.75) is 52.2 Å². The number of hydrogen-bond acceptors (Lipinski definition) is 4. The van der Waals surface area contributed by atoms with E-state index in [1.54, 1.807) is 19.3 Å². The van der Waals surface area contributed by atoms with Gasteiger partial charge in [-0.25, -0.2) is 0 Å². The molecule has 1 aromatic rings. The average molecular weight is 262 g/mol. The highest BCUT2D eigenvalue weighted by molar-refractivity contribution is 5.85. The molecule has 1 saturated carbocycles. The SMILES string of the molecule is Cc1ncc(CO)c(C=N[C@@H]2CCCC[C@H]2C)c1O. The zero-order chi connectivity index (χ0) is 13.8. The summed E-state index contributed by atoms with van der Waals surface area (Å²) in [5.74, 6) is 0.714. The fourth-order valence-electron chi connectivity index (χ4n) is 2.61. The number of aromatic nitrogens is 1. The van der Waals surface area contributed by atoms with Crippen molar-refractivity contribution in [3.8, 4) is 5.75 Å². The lowest BCUT2D eigenvalue weighted by molar-refractivity contribution is 0.280. The molecule has 4 nitrogen and oxygen atoms in total. The normalized spacial score (nSPS) is 23.9. The summed E-state index contributed by atoms with van der Waals surface area (Å²) in [6.45, 7) is 3.84. The van der Waals surface area contributed by atoms with E-state index in [1.165, 1.54) is 19.3 Å². The topological polar surface area (TPSA) is 65.7 Å². The number of hydrogen-bond donors (Lipinski definition) is 2. The molecule has 0 bridgehead atoms. The lowest BCUT2D eigenvalue weighted by Crippen LogP contribution is -2.20. The van der Waals surface area contributed by atoms with Gasteiger partial charge < -0.3 is 10.2 Å². The molecule has 1 heterocycles. The Bertz CT molecular complexity index is 471. The molecule has 2 rings (SSSR count). The monoisotopic (exact) mass is 262 g/mol. The Kier molecular flexibility index (Phi) is 4.53. The van der Waals surface area contributed by atoms with E-state index in [4.69, 9.17) is 0 Å². The van der Waals surface area contributed by atoms with Crippen molar-refractivity contribution in [2.75, 3.05) is 0 Å². The van der Waals surface area contributed by atoms with Gasteiger partial charge in [0.15, 0.2) is 0 Å². The first kappa shape index (κ1) is 14.0. The van der Waals surface area contributed by atoms with Gasteiger partial charge in [0.05, 0.1) is 18.3 Å². The van der Waals surface area contributed by atoms with E-state index >= 15 is 0 Å². The van der Waals surface area contributed by atoms with Crippen LogP contribution in [0.4, 0.5) is 0 Å². The van der Waals surface area contributed by atoms with Crippen molar-refractivity contribution in [3.05, 3.63) is 23.0 Å². The van der Waals surface area contributed by atoms with Gasteiger partial charge in [-0.3, -0.25) is 9.98 Å². The maximum absolute atomic E-state index is 10.0. The first-order chi connectivity index (χ1) is 9.13. The molecule has 4 heteroatoms. The third kappa shape index (κ3) is 3.13. The van der Waals surface area contributed by atoms with Crippen LogP contribution in [-0.4, -0.2) is 27.5 Å². The summed E-state index contributed by atoms with van der Waals surface area (Å²) < 4.78 is 0. The molecule has 1 aliphatic carbocycles. The second kappa shape index (κ2) is 6.15. The lowest BCUT2D eigenvalue weighted by atomic mass is 9.86. The minimum absolute atomic E-state index is 0.124. The van der Waals surface area contributed by atoms with Gasteiger partial charge >= 0.3 is 0 Å². The molecule has 0 radical (unpaired) electrons. The summed E-state index contributed by atoms with van der Waals surface area (Å²) in [5, 5.41) is 19.3. The van der Waals surface area contributed by atoms with Crippen LogP contribution in [0.25, 0.3) is 0 Å². The smallest absolute Gasteiger partial charge is 0.145 e. The van der Waals surface area contributed by atoms with Crippen LogP contribution in [0.5, 0.6) is 5.75 Å². The predicted octanol–water partition coefficient (Wildman–Crippen LogP) is 2.59. The summed E-state index contributed by atoms with van der Waals surface area (Å²) in [4.78, 5) is 8.67. The van der Waals surface area contributed by atoms with E-state index in [1.807, 2.05) is 0 Å². The third-order valence-corrected chi connectivity index (χ3v) is 3.99. The Balaban J connectivity index is 2.24. The number of aliphatic hydroxyl groups excluding tert-OH is 1. The average Bonchev–Trinajstić information content (AvgIpc) is 2.42. The van der Waals surface area contributed by atoms with Crippen molar-refractivity contribution in [1.29, 1.82) is 0 Å². The first-order valence-electron chi connectivity index (χ1n) is 6.95. The number of aliphatic hydroxyl groups is 1. The minimum atomic E-state index is -0.136. The molecular formula is C15H22N2O2. The van der Waals surface area contributed by atoms with Crippen molar-refractivity contribution >= 4 is 6.21 Å². The van der Waals surface area contributed by atoms with Gasteiger partial charge in [0.1, 0.15) is 5.75 Å². The molecule has 0 spiro atoms. The van der Waals surface area contributed by atoms with Crippen LogP contribution in [-0.2, 0) is 6.61 Å². The van der Waals surface area contributed by atoms with Crippen LogP contribution in [0.15, 0.2) is 11.2 Å². The number of aryl methyl sites for hydroxylation is 1. The Hall–Kier alpha value is -1.42. The van der Waals surface area contributed by atoms with Crippen molar-refractivity contribution in [3.63, 3.8) is 0 Å². The second-order valence-electron chi connectivity index (χ2n) is 5.40. The van der Waals surface area contributed by atoms with Crippen molar-refractivity contribution < 1.29 is 10.2 Å². The highest BCUT2D eigenvalue weighted by Crippen LogP contribution is 2.27. The zero-order valence-corrected chi connectivity index (χ0v) is 11.6. The highest BCUT2D eigenvalue weighted by Gasteiger charge is 2.20. The Morgan fingerprint density at radius 1 is 1.42 bits per heavy atom. The van der Waals surface area contributed by atoms with Gasteiger partial charge in [-0.15, -0.1) is 0 Å². The van der Waals surface area contributed by atoms with E-state index in [2.05, 4.69) is 16.9 Å². The molecule has 0 saturated heterocycles. The van der Waals surface area contributed by atoms with E-state index in [9.17, 15) is 10.2 Å². The van der Waals surface area contributed by atoms with Gasteiger partial charge in [-0.1, -0.05) is 19.8 Å². The molecule has 2 atom stereocenters. The number of nitrogens with zero attached hydrogens (tertiary/aromatic N) is 2. The molecular weight excluding hydrogens is 240 g/mol. The minimum Gasteiger partial charge on any atom is -0.505 e. The molecule has 19 heavy (non-hydrogen) atoms. The van der Waals surface area contributed by atoms with Crippen molar-refractivity contribution in [2.24, 2.45) is 10.9 Å². The van der Waals surface area contributed by atoms with Crippen LogP contribution < -0.4 is 0 Å². The summed E-state index contributed by atoms with van der Waals surface area (Å²) >= 11 is 0. The predicted molar refractivity (Wildman–Crippen MR) is 75.6 cm³/mol. The van der Waals surface area contributed by atoms with Gasteiger partial charge in [-0.2, -0.15) is 0 Å². The highest BCUT2D eigenvalue weighted by atomic mass is 16.3. The van der Waals surface area contributed by atoms with Gasteiger partial charge in [-0.05, 0) is 25.7 Å². The van der Waals surface area contributed by atoms with E-state index < -0.39 is 0 Å². The quantitative estimate of drug-likeness (QED) is 0.823. The molecule has 0 amide bonds. The van der Waals surface area contributed by atoms with Crippen LogP contribution in [0.3, 0.4) is 0 Å². The van der Waals surface area contributed by atoms with Gasteiger partial charge in [0.2, 0.25) is 0 Å². The second-order valence-corrected chi connectivity index (χ2v) is 5.40. The number of pyridine rings is 1. The molecule has 1 aliphatic rings. The van der Waals surface area contributed by atoms with Gasteiger partial charge in [0.25, 0.3) is 0 Å². The molecule has 1 aromatic heterocycles. The molecule has 1 fully saturated rings. The summed E-state index contributed by atoms with van der Waals surface area (Å²) in [5.41, 5.74) is 1.79. The fraction of sp³-hybridized carbons (Fsp3) is 0.600. The zero-order valence-electron chi connectivity index (χ0n) is 11.6. The molecule has 0 aromatic carbocycles. The summed E-state index contributed by atoms with van der Waals surface area (Å²) in [6.07, 6.45) is 8.14.